The molecule has 4 rings (SSSR count). The Balaban J connectivity index is 1.40. The average Bonchev–Trinajstić information content (AvgIpc) is 2.88. The number of amides is 2. The Hall–Kier alpha value is -2.94. The number of carbonyl (C=O) groups is 3. The molecule has 0 bridgehead atoms. The molecule has 0 fully saturated rings. The van der Waals surface area contributed by atoms with Gasteiger partial charge in [-0.2, -0.15) is 0 Å². The summed E-state index contributed by atoms with van der Waals surface area (Å²) in [5, 5.41) is 15.9. The van der Waals surface area contributed by atoms with Crippen LogP contribution in [0.25, 0.3) is 10.8 Å². The molecule has 0 aliphatic rings. The number of halogens is 4. The predicted octanol–water partition coefficient (Wildman–Crippen LogP) is 8.13. The van der Waals surface area contributed by atoms with Gasteiger partial charge in [0.15, 0.2) is 0 Å². The van der Waals surface area contributed by atoms with Crippen molar-refractivity contribution >= 4 is 98.1 Å². The maximum Gasteiger partial charge on any atom is 0.338 e. The molecule has 4 aromatic carbocycles. The summed E-state index contributed by atoms with van der Waals surface area (Å²) in [7, 11) is 0. The van der Waals surface area contributed by atoms with Crippen LogP contribution in [0.3, 0.4) is 0 Å². The molecule has 0 unspecified atom stereocenters. The molecule has 0 radical (unpaired) electrons. The van der Waals surface area contributed by atoms with E-state index >= 15 is 0 Å². The summed E-state index contributed by atoms with van der Waals surface area (Å²) >= 11 is 25.4. The summed E-state index contributed by atoms with van der Waals surface area (Å²) in [6.45, 7) is 0. The number of fused-ring (bicyclic) bond motifs is 1. The van der Waals surface area contributed by atoms with Gasteiger partial charge in [-0.05, 0) is 47.2 Å². The van der Waals surface area contributed by atoms with Gasteiger partial charge in [-0.15, -0.1) is 11.8 Å². The standard InChI is InChI=1S/C26H16Cl4N2O4S/c27-21-19(20(26(35)36)22(28)24(30)23(21)29)25(34)32-15-7-9-17(10-8-15)37-12-18(33)31-16-6-5-13-3-1-2-4-14(13)11-16/h1-11H,12H2,(H,31,33)(H,32,34)(H,35,36). The molecule has 188 valence electrons. The maximum atomic E-state index is 12.9. The molecule has 0 atom stereocenters. The highest BCUT2D eigenvalue weighted by molar-refractivity contribution is 8.00. The fraction of sp³-hybridized carbons (Fsp3) is 0.0385. The minimum absolute atomic E-state index is 0.162. The number of anilines is 2. The van der Waals surface area contributed by atoms with Crippen LogP contribution >= 0.6 is 58.2 Å². The first-order chi connectivity index (χ1) is 17.7. The lowest BCUT2D eigenvalue weighted by atomic mass is 10.1. The maximum absolute atomic E-state index is 12.9. The van der Waals surface area contributed by atoms with Crippen molar-refractivity contribution in [2.45, 2.75) is 4.90 Å². The molecular formula is C26H16Cl4N2O4S. The molecule has 37 heavy (non-hydrogen) atoms. The van der Waals surface area contributed by atoms with Crippen LogP contribution in [0, 0.1) is 0 Å². The van der Waals surface area contributed by atoms with Gasteiger partial charge in [0.1, 0.15) is 0 Å². The minimum Gasteiger partial charge on any atom is -0.478 e. The second-order valence-electron chi connectivity index (χ2n) is 7.69. The van der Waals surface area contributed by atoms with Gasteiger partial charge in [-0.25, -0.2) is 4.79 Å². The molecule has 4 aromatic rings. The third-order valence-electron chi connectivity index (χ3n) is 5.22. The number of hydrogen-bond donors (Lipinski definition) is 3. The lowest BCUT2D eigenvalue weighted by molar-refractivity contribution is -0.113. The van der Waals surface area contributed by atoms with Gasteiger partial charge in [0.05, 0.1) is 37.0 Å². The highest BCUT2D eigenvalue weighted by Crippen LogP contribution is 2.41. The SMILES string of the molecule is O=C(CSc1ccc(NC(=O)c2c(Cl)c(Cl)c(Cl)c(Cl)c2C(=O)O)cc1)Nc1ccc2ccccc2c1. The monoisotopic (exact) mass is 592 g/mol. The van der Waals surface area contributed by atoms with Gasteiger partial charge in [0.2, 0.25) is 5.91 Å². The van der Waals surface area contributed by atoms with Crippen molar-refractivity contribution in [2.24, 2.45) is 0 Å². The zero-order chi connectivity index (χ0) is 26.7. The van der Waals surface area contributed by atoms with E-state index < -0.39 is 23.0 Å². The van der Waals surface area contributed by atoms with E-state index in [-0.39, 0.29) is 31.8 Å². The van der Waals surface area contributed by atoms with Crippen LogP contribution in [0.2, 0.25) is 20.1 Å². The minimum atomic E-state index is -1.48. The van der Waals surface area contributed by atoms with E-state index in [1.165, 1.54) is 11.8 Å². The summed E-state index contributed by atoms with van der Waals surface area (Å²) < 4.78 is 0. The zero-order valence-electron chi connectivity index (χ0n) is 18.7. The topological polar surface area (TPSA) is 95.5 Å². The molecule has 0 aromatic heterocycles. The van der Waals surface area contributed by atoms with Gasteiger partial charge in [-0.3, -0.25) is 9.59 Å². The second-order valence-corrected chi connectivity index (χ2v) is 10.2. The van der Waals surface area contributed by atoms with Gasteiger partial charge in [0, 0.05) is 16.3 Å². The molecule has 0 spiro atoms. The number of carbonyl (C=O) groups excluding carboxylic acids is 2. The van der Waals surface area contributed by atoms with Crippen LogP contribution in [0.4, 0.5) is 11.4 Å². The van der Waals surface area contributed by atoms with Crippen molar-refractivity contribution in [1.29, 1.82) is 0 Å². The van der Waals surface area contributed by atoms with E-state index in [0.29, 0.717) is 11.4 Å². The number of carboxylic acid groups (broad SMARTS) is 1. The van der Waals surface area contributed by atoms with Crippen molar-refractivity contribution in [3.63, 3.8) is 0 Å². The number of hydrogen-bond acceptors (Lipinski definition) is 4. The second kappa shape index (κ2) is 11.6. The van der Waals surface area contributed by atoms with Crippen molar-refractivity contribution in [3.8, 4) is 0 Å². The molecule has 6 nitrogen and oxygen atoms in total. The fourth-order valence-corrected chi connectivity index (χ4v) is 5.20. The quantitative estimate of drug-likeness (QED) is 0.114. The van der Waals surface area contributed by atoms with E-state index in [9.17, 15) is 19.5 Å². The zero-order valence-corrected chi connectivity index (χ0v) is 22.5. The van der Waals surface area contributed by atoms with Crippen molar-refractivity contribution in [1.82, 2.24) is 0 Å². The first-order valence-corrected chi connectivity index (χ1v) is 13.1. The molecule has 2 amide bonds. The third kappa shape index (κ3) is 6.14. The Kier molecular flexibility index (Phi) is 8.52. The number of nitrogens with one attached hydrogen (secondary N) is 2. The third-order valence-corrected chi connectivity index (χ3v) is 8.04. The lowest BCUT2D eigenvalue weighted by Gasteiger charge is -2.14. The number of benzene rings is 4. The van der Waals surface area contributed by atoms with E-state index in [2.05, 4.69) is 10.6 Å². The van der Waals surface area contributed by atoms with Crippen LogP contribution in [0.5, 0.6) is 0 Å². The first kappa shape index (κ1) is 27.1. The molecule has 0 saturated heterocycles. The number of rotatable bonds is 7. The average molecular weight is 594 g/mol. The van der Waals surface area contributed by atoms with Crippen LogP contribution in [-0.4, -0.2) is 28.6 Å². The molecule has 3 N–H and O–H groups in total. The van der Waals surface area contributed by atoms with Crippen molar-refractivity contribution < 1.29 is 19.5 Å². The summed E-state index contributed by atoms with van der Waals surface area (Å²) in [6, 6.07) is 20.2. The van der Waals surface area contributed by atoms with Gasteiger partial charge in [0.25, 0.3) is 5.91 Å². The highest BCUT2D eigenvalue weighted by atomic mass is 35.5. The van der Waals surface area contributed by atoms with E-state index in [4.69, 9.17) is 46.4 Å². The largest absolute Gasteiger partial charge is 0.478 e. The highest BCUT2D eigenvalue weighted by Gasteiger charge is 2.28. The van der Waals surface area contributed by atoms with Gasteiger partial charge in [-0.1, -0.05) is 76.7 Å². The number of aromatic carboxylic acids is 1. The van der Waals surface area contributed by atoms with Crippen molar-refractivity contribution in [2.75, 3.05) is 16.4 Å². The fourth-order valence-electron chi connectivity index (χ4n) is 3.49. The Labute approximate surface area is 235 Å². The summed E-state index contributed by atoms with van der Waals surface area (Å²) in [5.41, 5.74) is 0.120. The number of carboxylic acids is 1. The van der Waals surface area contributed by atoms with Crippen LogP contribution < -0.4 is 10.6 Å². The molecule has 0 heterocycles. The van der Waals surface area contributed by atoms with Crippen LogP contribution in [-0.2, 0) is 4.79 Å². The molecule has 11 heteroatoms. The van der Waals surface area contributed by atoms with Gasteiger partial charge >= 0.3 is 5.97 Å². The summed E-state index contributed by atoms with van der Waals surface area (Å²) in [4.78, 5) is 37.7. The molecular weight excluding hydrogens is 578 g/mol. The summed E-state index contributed by atoms with van der Waals surface area (Å²) in [5.74, 6) is -2.29. The van der Waals surface area contributed by atoms with Crippen LogP contribution in [0.1, 0.15) is 20.7 Å². The van der Waals surface area contributed by atoms with E-state index in [1.54, 1.807) is 24.3 Å². The normalized spacial score (nSPS) is 10.8. The van der Waals surface area contributed by atoms with E-state index in [1.807, 2.05) is 42.5 Å². The molecule has 0 aliphatic heterocycles. The van der Waals surface area contributed by atoms with Gasteiger partial charge < -0.3 is 15.7 Å². The smallest absolute Gasteiger partial charge is 0.338 e. The predicted molar refractivity (Wildman–Crippen MR) is 151 cm³/mol. The molecule has 0 saturated carbocycles. The summed E-state index contributed by atoms with van der Waals surface area (Å²) in [6.07, 6.45) is 0. The Morgan fingerprint density at radius 3 is 1.95 bits per heavy atom. The Bertz CT molecular complexity index is 1540. The number of thioether (sulfide) groups is 1. The Morgan fingerprint density at radius 1 is 0.703 bits per heavy atom. The lowest BCUT2D eigenvalue weighted by Crippen LogP contribution is -2.18. The molecule has 0 aliphatic carbocycles. The van der Waals surface area contributed by atoms with Crippen molar-refractivity contribution in [3.05, 3.63) is 97.9 Å². The first-order valence-electron chi connectivity index (χ1n) is 10.6. The Morgan fingerprint density at radius 2 is 1.30 bits per heavy atom. The van der Waals surface area contributed by atoms with E-state index in [0.717, 1.165) is 15.7 Å². The van der Waals surface area contributed by atoms with Crippen LogP contribution in [0.15, 0.2) is 71.6 Å².